The number of pyridine rings is 1. The van der Waals surface area contributed by atoms with Crippen molar-refractivity contribution in [2.24, 2.45) is 5.92 Å². The van der Waals surface area contributed by atoms with E-state index in [1.54, 1.807) is 24.3 Å². The first-order valence-corrected chi connectivity index (χ1v) is 8.49. The number of ether oxygens (including phenoxy) is 3. The summed E-state index contributed by atoms with van der Waals surface area (Å²) in [6.07, 6.45) is 3.47. The van der Waals surface area contributed by atoms with Crippen LogP contribution in [-0.2, 0) is 0 Å². The highest BCUT2D eigenvalue weighted by atomic mass is 16.5. The highest BCUT2D eigenvalue weighted by Crippen LogP contribution is 2.40. The van der Waals surface area contributed by atoms with E-state index in [0.29, 0.717) is 40.7 Å². The Balaban J connectivity index is 1.81. The molecule has 5 N–H and O–H groups in total. The summed E-state index contributed by atoms with van der Waals surface area (Å²) in [5.74, 6) is 1.12. The van der Waals surface area contributed by atoms with E-state index in [1.165, 1.54) is 27.4 Å². The van der Waals surface area contributed by atoms with Crippen LogP contribution in [-0.4, -0.2) is 43.8 Å². The van der Waals surface area contributed by atoms with Crippen LogP contribution in [0.15, 0.2) is 24.3 Å². The smallest absolute Gasteiger partial charge is 0.203 e. The summed E-state index contributed by atoms with van der Waals surface area (Å²) in [4.78, 5) is 17.0. The van der Waals surface area contributed by atoms with Gasteiger partial charge in [0.2, 0.25) is 5.75 Å². The maximum atomic E-state index is 12.8. The van der Waals surface area contributed by atoms with Gasteiger partial charge in [0.25, 0.3) is 0 Å². The van der Waals surface area contributed by atoms with E-state index in [4.69, 9.17) is 25.2 Å². The number of ketones is 1. The van der Waals surface area contributed by atoms with Gasteiger partial charge in [0, 0.05) is 36.1 Å². The maximum absolute atomic E-state index is 12.8. The quantitative estimate of drug-likeness (QED) is 0.530. The summed E-state index contributed by atoms with van der Waals surface area (Å²) in [5.41, 5.74) is 9.65. The first-order chi connectivity index (χ1) is 13.5. The lowest BCUT2D eigenvalue weighted by Crippen LogP contribution is -2.26. The van der Waals surface area contributed by atoms with Crippen LogP contribution in [0.25, 0.3) is 6.08 Å². The number of nitrogens with one attached hydrogen (secondary N) is 2. The molecule has 1 heterocycles. The molecule has 9 nitrogen and oxygen atoms in total. The van der Waals surface area contributed by atoms with Crippen LogP contribution in [0.2, 0.25) is 0 Å². The second-order valence-electron chi connectivity index (χ2n) is 6.09. The number of methoxy groups -OCH3 is 3. The molecule has 0 aliphatic heterocycles. The second kappa shape index (κ2) is 8.05. The van der Waals surface area contributed by atoms with Crippen LogP contribution in [0.3, 0.4) is 0 Å². The number of carbonyl (C=O) groups is 1. The van der Waals surface area contributed by atoms with Gasteiger partial charge in [0.05, 0.1) is 38.5 Å². The van der Waals surface area contributed by atoms with Crippen LogP contribution >= 0.6 is 0 Å². The van der Waals surface area contributed by atoms with Crippen LogP contribution in [0.4, 0.5) is 17.2 Å². The van der Waals surface area contributed by atoms with Gasteiger partial charge >= 0.3 is 0 Å². The molecule has 1 aromatic heterocycles. The molecule has 28 heavy (non-hydrogen) atoms. The van der Waals surface area contributed by atoms with Crippen LogP contribution in [0, 0.1) is 5.92 Å². The Morgan fingerprint density at radius 3 is 2.39 bits per heavy atom. The molecular weight excluding hydrogens is 364 g/mol. The predicted molar refractivity (Wildman–Crippen MR) is 106 cm³/mol. The minimum Gasteiger partial charge on any atom is -0.493 e. The van der Waals surface area contributed by atoms with Crippen molar-refractivity contribution in [3.8, 4) is 17.2 Å². The Kier molecular flexibility index (Phi) is 5.55. The minimum absolute atomic E-state index is 0.146. The third kappa shape index (κ3) is 3.52. The van der Waals surface area contributed by atoms with E-state index in [-0.39, 0.29) is 17.3 Å². The van der Waals surface area contributed by atoms with E-state index < -0.39 is 5.92 Å². The molecule has 148 valence electrons. The second-order valence-corrected chi connectivity index (χ2v) is 6.09. The number of nitrogen functional groups attached to an aromatic ring is 1. The highest BCUT2D eigenvalue weighted by Gasteiger charge is 2.27. The topological polar surface area (TPSA) is 128 Å². The fourth-order valence-electron chi connectivity index (χ4n) is 3.08. The Morgan fingerprint density at radius 2 is 1.82 bits per heavy atom. The van der Waals surface area contributed by atoms with Crippen molar-refractivity contribution >= 4 is 29.1 Å². The van der Waals surface area contributed by atoms with Crippen molar-refractivity contribution in [1.29, 1.82) is 0 Å². The van der Waals surface area contributed by atoms with Gasteiger partial charge in [-0.1, -0.05) is 6.08 Å². The molecule has 0 fully saturated rings. The molecule has 2 aromatic rings. The molecule has 0 saturated carbocycles. The Bertz CT molecular complexity index is 904. The molecule has 0 saturated heterocycles. The van der Waals surface area contributed by atoms with Crippen LogP contribution in [0.5, 0.6) is 17.2 Å². The number of rotatable bonds is 7. The molecule has 1 atom stereocenters. The van der Waals surface area contributed by atoms with E-state index in [0.717, 1.165) is 0 Å². The molecule has 3 rings (SSSR count). The maximum Gasteiger partial charge on any atom is 0.203 e. The zero-order chi connectivity index (χ0) is 20.3. The van der Waals surface area contributed by atoms with Crippen molar-refractivity contribution in [1.82, 2.24) is 4.98 Å². The van der Waals surface area contributed by atoms with E-state index in [2.05, 4.69) is 10.3 Å². The van der Waals surface area contributed by atoms with Gasteiger partial charge in [-0.15, -0.1) is 0 Å². The Morgan fingerprint density at radius 1 is 1.14 bits per heavy atom. The number of benzene rings is 1. The Hall–Kier alpha value is -3.46. The fourth-order valence-corrected chi connectivity index (χ4v) is 3.08. The molecule has 1 aliphatic carbocycles. The van der Waals surface area contributed by atoms with E-state index in [9.17, 15) is 4.79 Å². The van der Waals surface area contributed by atoms with Crippen molar-refractivity contribution in [3.05, 3.63) is 35.5 Å². The van der Waals surface area contributed by atoms with Gasteiger partial charge in [-0.25, -0.2) is 4.98 Å². The largest absolute Gasteiger partial charge is 0.493 e. The Labute approximate surface area is 162 Å². The molecule has 1 aromatic carbocycles. The lowest BCUT2D eigenvalue weighted by molar-refractivity contribution is 0.0949. The molecule has 9 heteroatoms. The van der Waals surface area contributed by atoms with Gasteiger partial charge < -0.3 is 25.3 Å². The average molecular weight is 386 g/mol. The zero-order valence-electron chi connectivity index (χ0n) is 15.8. The number of nitrogens with two attached hydrogens (primary N) is 1. The average Bonchev–Trinajstić information content (AvgIpc) is 2.71. The third-order valence-corrected chi connectivity index (χ3v) is 4.45. The van der Waals surface area contributed by atoms with Crippen molar-refractivity contribution < 1.29 is 24.2 Å². The molecular formula is C19H22N4O5. The van der Waals surface area contributed by atoms with Gasteiger partial charge in [0.1, 0.15) is 0 Å². The first-order valence-electron chi connectivity index (χ1n) is 8.49. The number of aromatic nitrogens is 1. The fraction of sp³-hybridized carbons (Fsp3) is 0.263. The third-order valence-electron chi connectivity index (χ3n) is 4.45. The lowest BCUT2D eigenvalue weighted by Gasteiger charge is -2.21. The molecule has 0 radical (unpaired) electrons. The van der Waals surface area contributed by atoms with Gasteiger partial charge in [-0.05, 0) is 6.08 Å². The predicted octanol–water partition coefficient (Wildman–Crippen LogP) is 2.43. The molecule has 1 unspecified atom stereocenters. The van der Waals surface area contributed by atoms with E-state index in [1.807, 2.05) is 5.48 Å². The molecule has 1 aliphatic rings. The molecule has 0 amide bonds. The lowest BCUT2D eigenvalue weighted by atomic mass is 9.89. The SMILES string of the molecule is COc1cc(NCC2C=Cc3nc(NO)cc(N)c3C2=O)cc(OC)c1OC. The summed E-state index contributed by atoms with van der Waals surface area (Å²) in [5, 5.41) is 12.2. The number of carbonyl (C=O) groups excluding carboxylic acids is 1. The van der Waals surface area contributed by atoms with Gasteiger partial charge in [-0.2, -0.15) is 0 Å². The van der Waals surface area contributed by atoms with Crippen molar-refractivity contribution in [2.75, 3.05) is 44.4 Å². The van der Waals surface area contributed by atoms with Crippen molar-refractivity contribution in [2.45, 2.75) is 0 Å². The van der Waals surface area contributed by atoms with Gasteiger partial charge in [-0.3, -0.25) is 15.5 Å². The van der Waals surface area contributed by atoms with Crippen molar-refractivity contribution in [3.63, 3.8) is 0 Å². The number of hydrogen-bond donors (Lipinski definition) is 4. The summed E-state index contributed by atoms with van der Waals surface area (Å²) >= 11 is 0. The summed E-state index contributed by atoms with van der Waals surface area (Å²) in [6, 6.07) is 4.95. The summed E-state index contributed by atoms with van der Waals surface area (Å²) in [7, 11) is 4.61. The zero-order valence-corrected chi connectivity index (χ0v) is 15.8. The molecule has 0 bridgehead atoms. The highest BCUT2D eigenvalue weighted by molar-refractivity contribution is 6.08. The number of fused-ring (bicyclic) bond motifs is 1. The summed E-state index contributed by atoms with van der Waals surface area (Å²) in [6.45, 7) is 0.340. The van der Waals surface area contributed by atoms with Gasteiger partial charge in [0.15, 0.2) is 23.1 Å². The monoisotopic (exact) mass is 386 g/mol. The first kappa shape index (κ1) is 19.3. The minimum atomic E-state index is -0.427. The van der Waals surface area contributed by atoms with Crippen LogP contribution < -0.4 is 30.7 Å². The standard InChI is InChI=1S/C19H22N4O5/c1-26-14-6-11(7-15(27-2)19(14)28-3)21-9-10-4-5-13-17(18(10)24)12(20)8-16(22-13)23-25/h4-8,10,21,25H,9H2,1-3H3,(H3,20,22,23). The number of anilines is 3. The number of nitrogens with zero attached hydrogens (tertiary/aromatic N) is 1. The van der Waals surface area contributed by atoms with Crippen LogP contribution in [0.1, 0.15) is 16.1 Å². The van der Waals surface area contributed by atoms with E-state index >= 15 is 0 Å². The number of hydrogen-bond acceptors (Lipinski definition) is 9. The molecule has 0 spiro atoms. The normalized spacial score (nSPS) is 15.0. The number of Topliss-reactive ketones (excluding diaryl/α,β-unsaturated/α-hetero) is 1. The summed E-state index contributed by atoms with van der Waals surface area (Å²) < 4.78 is 16.0.